The summed E-state index contributed by atoms with van der Waals surface area (Å²) in [7, 11) is 0. The average molecular weight is 233 g/mol. The van der Waals surface area contributed by atoms with Gasteiger partial charge in [0.25, 0.3) is 0 Å². The first-order valence-corrected chi connectivity index (χ1v) is 5.09. The largest absolute Gasteiger partial charge is 0.487 e. The van der Waals surface area contributed by atoms with Crippen molar-refractivity contribution in [2.24, 2.45) is 5.84 Å². The molecule has 5 heteroatoms. The predicted octanol–water partition coefficient (Wildman–Crippen LogP) is 2.09. The van der Waals surface area contributed by atoms with Gasteiger partial charge in [-0.05, 0) is 24.3 Å². The highest BCUT2D eigenvalue weighted by Gasteiger charge is 1.99. The predicted molar refractivity (Wildman–Crippen MR) is 62.8 cm³/mol. The molecular formula is C12H12FN3O. The molecule has 0 saturated carbocycles. The van der Waals surface area contributed by atoms with E-state index in [0.717, 1.165) is 0 Å². The summed E-state index contributed by atoms with van der Waals surface area (Å²) in [5.41, 5.74) is 3.16. The van der Waals surface area contributed by atoms with Crippen LogP contribution in [0.3, 0.4) is 0 Å². The first kappa shape index (κ1) is 11.3. The van der Waals surface area contributed by atoms with Crippen LogP contribution in [0, 0.1) is 5.82 Å². The summed E-state index contributed by atoms with van der Waals surface area (Å²) < 4.78 is 18.3. The van der Waals surface area contributed by atoms with Crippen molar-refractivity contribution in [3.8, 4) is 5.75 Å². The van der Waals surface area contributed by atoms with Crippen molar-refractivity contribution in [3.63, 3.8) is 0 Å². The summed E-state index contributed by atoms with van der Waals surface area (Å²) in [5, 5.41) is 0. The molecule has 0 aliphatic rings. The number of ether oxygens (including phenoxy) is 1. The van der Waals surface area contributed by atoms with E-state index >= 15 is 0 Å². The monoisotopic (exact) mass is 233 g/mol. The molecule has 0 bridgehead atoms. The average Bonchev–Trinajstić information content (AvgIpc) is 2.37. The molecule has 0 amide bonds. The summed E-state index contributed by atoms with van der Waals surface area (Å²) in [6, 6.07) is 11.3. The fourth-order valence-electron chi connectivity index (χ4n) is 1.35. The Morgan fingerprint density at radius 1 is 1.24 bits per heavy atom. The fraction of sp³-hybridized carbons (Fsp3) is 0.0833. The number of rotatable bonds is 4. The number of benzene rings is 1. The Bertz CT molecular complexity index is 505. The van der Waals surface area contributed by atoms with Gasteiger partial charge in [-0.15, -0.1) is 0 Å². The molecule has 4 nitrogen and oxygen atoms in total. The van der Waals surface area contributed by atoms with Crippen LogP contribution in [0.25, 0.3) is 0 Å². The topological polar surface area (TPSA) is 60.2 Å². The molecule has 0 aliphatic heterocycles. The summed E-state index contributed by atoms with van der Waals surface area (Å²) in [6.45, 7) is 0.263. The number of anilines is 1. The minimum atomic E-state index is -0.326. The molecule has 0 unspecified atom stereocenters. The second kappa shape index (κ2) is 5.27. The second-order valence-electron chi connectivity index (χ2n) is 3.40. The lowest BCUT2D eigenvalue weighted by atomic mass is 10.3. The maximum Gasteiger partial charge on any atom is 0.140 e. The Labute approximate surface area is 98.2 Å². The van der Waals surface area contributed by atoms with Crippen LogP contribution in [-0.4, -0.2) is 4.98 Å². The van der Waals surface area contributed by atoms with Gasteiger partial charge in [0.2, 0.25) is 0 Å². The molecule has 3 N–H and O–H groups in total. The molecular weight excluding hydrogens is 221 g/mol. The minimum Gasteiger partial charge on any atom is -0.487 e. The number of nitrogens with one attached hydrogen (secondary N) is 1. The third-order valence-electron chi connectivity index (χ3n) is 2.14. The van der Waals surface area contributed by atoms with E-state index in [-0.39, 0.29) is 12.4 Å². The Morgan fingerprint density at radius 2 is 2.06 bits per heavy atom. The Hall–Kier alpha value is -2.14. The number of halogens is 1. The van der Waals surface area contributed by atoms with E-state index in [1.54, 1.807) is 24.3 Å². The highest BCUT2D eigenvalue weighted by molar-refractivity contribution is 5.33. The van der Waals surface area contributed by atoms with Gasteiger partial charge in [-0.25, -0.2) is 15.2 Å². The minimum absolute atomic E-state index is 0.263. The second-order valence-corrected chi connectivity index (χ2v) is 3.40. The molecule has 2 aromatic rings. The van der Waals surface area contributed by atoms with Crippen LogP contribution in [0.15, 0.2) is 42.5 Å². The third-order valence-corrected chi connectivity index (χ3v) is 2.14. The standard InChI is InChI=1S/C12H12FN3O/c13-9-3-1-5-11(7-9)17-8-10-4-2-6-12(15-10)16-14/h1-7H,8,14H2,(H,15,16). The van der Waals surface area contributed by atoms with E-state index in [4.69, 9.17) is 10.6 Å². The first-order valence-electron chi connectivity index (χ1n) is 5.09. The number of nitrogen functional groups attached to an aromatic ring is 1. The highest BCUT2D eigenvalue weighted by Crippen LogP contribution is 2.14. The molecule has 0 spiro atoms. The maximum atomic E-state index is 12.9. The Balaban J connectivity index is 2.02. The van der Waals surface area contributed by atoms with Gasteiger partial charge >= 0.3 is 0 Å². The maximum absolute atomic E-state index is 12.9. The molecule has 1 aromatic carbocycles. The zero-order valence-corrected chi connectivity index (χ0v) is 9.06. The number of pyridine rings is 1. The van der Waals surface area contributed by atoms with Gasteiger partial charge in [-0.2, -0.15) is 0 Å². The summed E-state index contributed by atoms with van der Waals surface area (Å²) in [4.78, 5) is 4.17. The van der Waals surface area contributed by atoms with Crippen molar-refractivity contribution in [1.29, 1.82) is 0 Å². The third kappa shape index (κ3) is 3.15. The van der Waals surface area contributed by atoms with Crippen LogP contribution in [0.4, 0.5) is 10.2 Å². The molecule has 2 rings (SSSR count). The number of aromatic nitrogens is 1. The van der Waals surface area contributed by atoms with Crippen molar-refractivity contribution in [2.75, 3.05) is 5.43 Å². The number of hydrazine groups is 1. The fourth-order valence-corrected chi connectivity index (χ4v) is 1.35. The first-order chi connectivity index (χ1) is 8.28. The van der Waals surface area contributed by atoms with Crippen LogP contribution in [0.2, 0.25) is 0 Å². The van der Waals surface area contributed by atoms with Crippen molar-refractivity contribution in [2.45, 2.75) is 6.61 Å². The lowest BCUT2D eigenvalue weighted by molar-refractivity contribution is 0.300. The van der Waals surface area contributed by atoms with Gasteiger partial charge in [0.1, 0.15) is 24.0 Å². The van der Waals surface area contributed by atoms with E-state index < -0.39 is 0 Å². The molecule has 0 atom stereocenters. The summed E-state index contributed by atoms with van der Waals surface area (Å²) in [6.07, 6.45) is 0. The van der Waals surface area contributed by atoms with Gasteiger partial charge in [0.05, 0.1) is 5.69 Å². The smallest absolute Gasteiger partial charge is 0.140 e. The van der Waals surface area contributed by atoms with Gasteiger partial charge in [-0.1, -0.05) is 12.1 Å². The van der Waals surface area contributed by atoms with Gasteiger partial charge in [-0.3, -0.25) is 0 Å². The van der Waals surface area contributed by atoms with E-state index in [0.29, 0.717) is 17.3 Å². The van der Waals surface area contributed by atoms with Gasteiger partial charge < -0.3 is 10.2 Å². The summed E-state index contributed by atoms with van der Waals surface area (Å²) in [5.74, 6) is 5.95. The van der Waals surface area contributed by atoms with Crippen LogP contribution in [-0.2, 0) is 6.61 Å². The lowest BCUT2D eigenvalue weighted by Gasteiger charge is -2.06. The molecule has 88 valence electrons. The molecule has 17 heavy (non-hydrogen) atoms. The molecule has 1 aromatic heterocycles. The van der Waals surface area contributed by atoms with E-state index in [1.807, 2.05) is 6.07 Å². The number of nitrogens with two attached hydrogens (primary N) is 1. The van der Waals surface area contributed by atoms with Crippen molar-refractivity contribution < 1.29 is 9.13 Å². The van der Waals surface area contributed by atoms with Crippen molar-refractivity contribution in [1.82, 2.24) is 4.98 Å². The van der Waals surface area contributed by atoms with Crippen molar-refractivity contribution in [3.05, 3.63) is 54.0 Å². The normalized spacial score (nSPS) is 10.0. The highest BCUT2D eigenvalue weighted by atomic mass is 19.1. The molecule has 0 fully saturated rings. The van der Waals surface area contributed by atoms with Gasteiger partial charge in [0, 0.05) is 6.07 Å². The van der Waals surface area contributed by atoms with Crippen LogP contribution in [0.5, 0.6) is 5.75 Å². The van der Waals surface area contributed by atoms with Crippen LogP contribution in [0.1, 0.15) is 5.69 Å². The lowest BCUT2D eigenvalue weighted by Crippen LogP contribution is -2.09. The molecule has 0 aliphatic carbocycles. The molecule has 1 heterocycles. The molecule has 0 radical (unpaired) electrons. The van der Waals surface area contributed by atoms with E-state index in [2.05, 4.69) is 10.4 Å². The number of hydrogen-bond donors (Lipinski definition) is 2. The van der Waals surface area contributed by atoms with Crippen LogP contribution < -0.4 is 16.0 Å². The molecule has 0 saturated heterocycles. The number of nitrogens with zero attached hydrogens (tertiary/aromatic N) is 1. The Morgan fingerprint density at radius 3 is 2.82 bits per heavy atom. The van der Waals surface area contributed by atoms with Crippen molar-refractivity contribution >= 4 is 5.82 Å². The Kier molecular flexibility index (Phi) is 3.52. The summed E-state index contributed by atoms with van der Waals surface area (Å²) >= 11 is 0. The quantitative estimate of drug-likeness (QED) is 0.627. The number of hydrogen-bond acceptors (Lipinski definition) is 4. The zero-order valence-electron chi connectivity index (χ0n) is 9.06. The SMILES string of the molecule is NNc1cccc(COc2cccc(F)c2)n1. The van der Waals surface area contributed by atoms with E-state index in [9.17, 15) is 4.39 Å². The van der Waals surface area contributed by atoms with E-state index in [1.165, 1.54) is 12.1 Å². The van der Waals surface area contributed by atoms with Gasteiger partial charge in [0.15, 0.2) is 0 Å². The zero-order chi connectivity index (χ0) is 12.1. The van der Waals surface area contributed by atoms with Crippen LogP contribution >= 0.6 is 0 Å².